The molecule has 1 aromatic carbocycles. The van der Waals surface area contributed by atoms with Crippen molar-refractivity contribution < 1.29 is 23.5 Å². The van der Waals surface area contributed by atoms with Crippen LogP contribution in [0.1, 0.15) is 76.9 Å². The Bertz CT molecular complexity index is 1320. The minimum atomic E-state index is -1.49. The number of aliphatic hydroxyl groups is 1. The number of amides is 2. The number of halogens is 2. The molecule has 3 rings (SSSR count). The van der Waals surface area contributed by atoms with Gasteiger partial charge >= 0.3 is 0 Å². The van der Waals surface area contributed by atoms with Gasteiger partial charge in [0.2, 0.25) is 11.8 Å². The Balaban J connectivity index is 1.97. The van der Waals surface area contributed by atoms with Crippen LogP contribution in [0.3, 0.4) is 0 Å². The van der Waals surface area contributed by atoms with Crippen LogP contribution in [0.5, 0.6) is 0 Å². The first-order valence-electron chi connectivity index (χ1n) is 15.0. The molecule has 0 aliphatic heterocycles. The molecule has 0 saturated carbocycles. The van der Waals surface area contributed by atoms with Crippen molar-refractivity contribution in [2.75, 3.05) is 19.6 Å². The lowest BCUT2D eigenvalue weighted by molar-refractivity contribution is -0.132. The van der Waals surface area contributed by atoms with Crippen LogP contribution in [0.25, 0.3) is 0 Å². The van der Waals surface area contributed by atoms with E-state index < -0.39 is 35.0 Å². The van der Waals surface area contributed by atoms with Gasteiger partial charge in [0.05, 0.1) is 17.2 Å². The molecule has 0 radical (unpaired) electrons. The number of benzene rings is 1. The smallest absolute Gasteiger partial charge is 0.249 e. The molecule has 43 heavy (non-hydrogen) atoms. The van der Waals surface area contributed by atoms with Gasteiger partial charge in [-0.25, -0.2) is 18.7 Å². The van der Waals surface area contributed by atoms with Gasteiger partial charge in [0, 0.05) is 55.9 Å². The minimum Gasteiger partial charge on any atom is -0.391 e. The summed E-state index contributed by atoms with van der Waals surface area (Å²) in [5, 5.41) is 14.8. The van der Waals surface area contributed by atoms with Gasteiger partial charge in [-0.15, -0.1) is 0 Å². The Morgan fingerprint density at radius 3 is 2.37 bits per heavy atom. The van der Waals surface area contributed by atoms with Crippen molar-refractivity contribution in [1.29, 1.82) is 0 Å². The maximum Gasteiger partial charge on any atom is 0.249 e. The van der Waals surface area contributed by atoms with Gasteiger partial charge in [-0.1, -0.05) is 45.4 Å². The van der Waals surface area contributed by atoms with Gasteiger partial charge in [-0.2, -0.15) is 0 Å². The lowest BCUT2D eigenvalue weighted by atomic mass is 9.63. The van der Waals surface area contributed by atoms with E-state index in [1.54, 1.807) is 36.2 Å². The average molecular weight is 598 g/mol. The fraction of sp³-hybridized carbons (Fsp3) is 0.515. The van der Waals surface area contributed by atoms with E-state index in [4.69, 9.17) is 5.73 Å². The molecule has 1 unspecified atom stereocenters. The molecule has 8 nitrogen and oxygen atoms in total. The fourth-order valence-electron chi connectivity index (χ4n) is 5.84. The predicted octanol–water partition coefficient (Wildman–Crippen LogP) is 4.58. The Labute approximate surface area is 253 Å². The monoisotopic (exact) mass is 597 g/mol. The zero-order valence-corrected chi connectivity index (χ0v) is 25.9. The molecule has 0 saturated heterocycles. The normalized spacial score (nSPS) is 18.2. The first kappa shape index (κ1) is 34.0. The van der Waals surface area contributed by atoms with Crippen LogP contribution < -0.4 is 11.1 Å². The summed E-state index contributed by atoms with van der Waals surface area (Å²) in [4.78, 5) is 37.7. The van der Waals surface area contributed by atoms with E-state index in [0.717, 1.165) is 24.6 Å². The summed E-state index contributed by atoms with van der Waals surface area (Å²) in [5.74, 6) is -2.50. The quantitative estimate of drug-likeness (QED) is 0.276. The summed E-state index contributed by atoms with van der Waals surface area (Å²) in [6.45, 7) is 11.2. The highest BCUT2D eigenvalue weighted by Gasteiger charge is 2.48. The van der Waals surface area contributed by atoms with Crippen LogP contribution in [0, 0.1) is 23.0 Å². The zero-order chi connectivity index (χ0) is 31.7. The SMILES string of the molecule is CCCN(CCC)C(=O)C1=CC(C)=CC(C(N)=O)([C@H](Cc2cc(F)cc(F)c2)[C@@H](O)CNCc2ccnc(C(C)C)n2)C1. The van der Waals surface area contributed by atoms with Crippen LogP contribution in [0.15, 0.2) is 53.8 Å². The van der Waals surface area contributed by atoms with E-state index in [0.29, 0.717) is 36.6 Å². The fourth-order valence-corrected chi connectivity index (χ4v) is 5.84. The summed E-state index contributed by atoms with van der Waals surface area (Å²) >= 11 is 0. The van der Waals surface area contributed by atoms with E-state index in [2.05, 4.69) is 15.3 Å². The predicted molar refractivity (Wildman–Crippen MR) is 163 cm³/mol. The van der Waals surface area contributed by atoms with Gasteiger partial charge in [-0.3, -0.25) is 9.59 Å². The summed E-state index contributed by atoms with van der Waals surface area (Å²) in [7, 11) is 0. The molecule has 1 heterocycles. The number of nitrogens with one attached hydrogen (secondary N) is 1. The van der Waals surface area contributed by atoms with Crippen molar-refractivity contribution >= 4 is 11.8 Å². The first-order chi connectivity index (χ1) is 20.4. The van der Waals surface area contributed by atoms with Crippen LogP contribution in [-0.2, 0) is 22.6 Å². The molecular weight excluding hydrogens is 552 g/mol. The van der Waals surface area contributed by atoms with Gasteiger partial charge in [0.25, 0.3) is 0 Å². The Kier molecular flexibility index (Phi) is 12.1. The molecule has 2 aromatic rings. The van der Waals surface area contributed by atoms with Crippen molar-refractivity contribution in [3.05, 3.63) is 82.5 Å². The maximum atomic E-state index is 14.2. The highest BCUT2D eigenvalue weighted by atomic mass is 19.1. The van der Waals surface area contributed by atoms with E-state index in [1.165, 1.54) is 12.1 Å². The third-order valence-corrected chi connectivity index (χ3v) is 7.79. The molecule has 0 spiro atoms. The minimum absolute atomic E-state index is 0.0361. The number of aromatic nitrogens is 2. The second-order valence-electron chi connectivity index (χ2n) is 11.8. The molecule has 234 valence electrons. The molecule has 1 aromatic heterocycles. The molecule has 3 atom stereocenters. The molecule has 4 N–H and O–H groups in total. The maximum absolute atomic E-state index is 14.2. The Morgan fingerprint density at radius 2 is 1.79 bits per heavy atom. The van der Waals surface area contributed by atoms with Crippen molar-refractivity contribution in [2.45, 2.75) is 78.9 Å². The second-order valence-corrected chi connectivity index (χ2v) is 11.8. The largest absolute Gasteiger partial charge is 0.391 e. The molecular formula is C33H45F2N5O3. The van der Waals surface area contributed by atoms with Crippen molar-refractivity contribution in [1.82, 2.24) is 20.2 Å². The van der Waals surface area contributed by atoms with E-state index in [9.17, 15) is 23.5 Å². The van der Waals surface area contributed by atoms with Gasteiger partial charge in [-0.05, 0) is 56.4 Å². The van der Waals surface area contributed by atoms with E-state index >= 15 is 0 Å². The first-order valence-corrected chi connectivity index (χ1v) is 15.0. The number of nitrogens with zero attached hydrogens (tertiary/aromatic N) is 3. The highest BCUT2D eigenvalue weighted by molar-refractivity contribution is 5.96. The summed E-state index contributed by atoms with van der Waals surface area (Å²) in [5.41, 5.74) is 6.69. The van der Waals surface area contributed by atoms with Crippen LogP contribution in [0.2, 0.25) is 0 Å². The number of aliphatic hydroxyl groups excluding tert-OH is 1. The van der Waals surface area contributed by atoms with Crippen LogP contribution in [0.4, 0.5) is 8.78 Å². The van der Waals surface area contributed by atoms with E-state index in [-0.39, 0.29) is 36.8 Å². The number of hydrogen-bond donors (Lipinski definition) is 3. The summed E-state index contributed by atoms with van der Waals surface area (Å²) in [6.07, 6.45) is 5.42. The number of carbonyl (C=O) groups excluding carboxylic acids is 2. The zero-order valence-electron chi connectivity index (χ0n) is 25.9. The number of allylic oxidation sites excluding steroid dienone is 2. The summed E-state index contributed by atoms with van der Waals surface area (Å²) < 4.78 is 28.5. The average Bonchev–Trinajstić information content (AvgIpc) is 2.94. The molecule has 0 bridgehead atoms. The highest BCUT2D eigenvalue weighted by Crippen LogP contribution is 2.44. The summed E-state index contributed by atoms with van der Waals surface area (Å²) in [6, 6.07) is 4.92. The number of carbonyl (C=O) groups is 2. The van der Waals surface area contributed by atoms with Crippen molar-refractivity contribution in [3.63, 3.8) is 0 Å². The topological polar surface area (TPSA) is 121 Å². The number of primary amides is 1. The molecule has 10 heteroatoms. The Morgan fingerprint density at radius 1 is 1.14 bits per heavy atom. The molecule has 1 aliphatic rings. The lowest BCUT2D eigenvalue weighted by Gasteiger charge is -2.42. The molecule has 0 fully saturated rings. The third kappa shape index (κ3) is 8.76. The number of rotatable bonds is 15. The third-order valence-electron chi connectivity index (χ3n) is 7.79. The Hall–Kier alpha value is -3.50. The van der Waals surface area contributed by atoms with Gasteiger partial charge < -0.3 is 21.1 Å². The van der Waals surface area contributed by atoms with Crippen molar-refractivity contribution in [2.24, 2.45) is 17.1 Å². The van der Waals surface area contributed by atoms with Crippen molar-refractivity contribution in [3.8, 4) is 0 Å². The van der Waals surface area contributed by atoms with Gasteiger partial charge in [0.1, 0.15) is 17.5 Å². The lowest BCUT2D eigenvalue weighted by Crippen LogP contribution is -2.51. The standard InChI is InChI=1S/C33H45F2N5O3/c1-6-10-40(11-7-2)31(42)24-12-22(5)17-33(18-24,32(36)43)28(15-23-13-25(34)16-26(35)14-23)29(41)20-37-19-27-8-9-38-30(39-27)21(3)4/h8-9,12-14,16-17,21,28-29,37,41H,6-7,10-11,15,18-20H2,1-5H3,(H2,36,43)/t28-,29+,33?/m1/s1. The molecule has 1 aliphatic carbocycles. The number of nitrogens with two attached hydrogens (primary N) is 1. The second kappa shape index (κ2) is 15.3. The molecule has 2 amide bonds. The number of hydrogen-bond acceptors (Lipinski definition) is 6. The van der Waals surface area contributed by atoms with Crippen LogP contribution in [-0.4, -0.2) is 57.5 Å². The van der Waals surface area contributed by atoms with Gasteiger partial charge in [0.15, 0.2) is 0 Å². The van der Waals surface area contributed by atoms with Crippen LogP contribution >= 0.6 is 0 Å². The van der Waals surface area contributed by atoms with E-state index in [1.807, 2.05) is 27.7 Å².